The molecule has 0 radical (unpaired) electrons. The van der Waals surface area contributed by atoms with Crippen LogP contribution in [-0.4, -0.2) is 66.3 Å². The summed E-state index contributed by atoms with van der Waals surface area (Å²) in [6.07, 6.45) is -0.836. The third-order valence-corrected chi connectivity index (χ3v) is 4.58. The molecule has 2 aliphatic rings. The number of benzene rings is 1. The van der Waals surface area contributed by atoms with E-state index in [0.29, 0.717) is 19.6 Å². The zero-order chi connectivity index (χ0) is 19.6. The molecule has 0 bridgehead atoms. The topological polar surface area (TPSA) is 97.4 Å². The van der Waals surface area contributed by atoms with Crippen LogP contribution in [0.5, 0.6) is 0 Å². The summed E-state index contributed by atoms with van der Waals surface area (Å²) in [5, 5.41) is 0. The van der Waals surface area contributed by atoms with Crippen molar-refractivity contribution in [2.45, 2.75) is 6.10 Å². The highest BCUT2D eigenvalue weighted by Gasteiger charge is 2.34. The number of cyclic esters (lactones) is 1. The van der Waals surface area contributed by atoms with Crippen molar-refractivity contribution in [1.82, 2.24) is 5.48 Å². The highest BCUT2D eigenvalue weighted by molar-refractivity contribution is 7.85. The number of ether oxygens (including phenoxy) is 1. The number of nitrogens with zero attached hydrogens (tertiary/aromatic N) is 2. The highest BCUT2D eigenvalue weighted by Crippen LogP contribution is 2.31. The normalized spacial score (nSPS) is 21.3. The standard InChI is InChI=1S/C15H19F2N3O6S/c1-27(22,23)25-9-11-8-20(15(21)26-11)10-6-12(16)14(13(17)7-10)19-3-2-18-24-5-4-19/h6-7,11,18H,2-5,8-9H2,1H3/t11-/m1/s1. The zero-order valence-electron chi connectivity index (χ0n) is 14.5. The molecule has 0 aromatic heterocycles. The fourth-order valence-corrected chi connectivity index (χ4v) is 3.24. The summed E-state index contributed by atoms with van der Waals surface area (Å²) >= 11 is 0. The van der Waals surface area contributed by atoms with E-state index in [1.54, 1.807) is 0 Å². The van der Waals surface area contributed by atoms with E-state index < -0.39 is 33.9 Å². The number of hydroxylamine groups is 1. The van der Waals surface area contributed by atoms with Crippen molar-refractivity contribution in [3.63, 3.8) is 0 Å². The number of amides is 1. The van der Waals surface area contributed by atoms with Crippen molar-refractivity contribution in [3.05, 3.63) is 23.8 Å². The van der Waals surface area contributed by atoms with Crippen LogP contribution in [0.25, 0.3) is 0 Å². The largest absolute Gasteiger partial charge is 0.441 e. The molecule has 1 N–H and O–H groups in total. The van der Waals surface area contributed by atoms with Gasteiger partial charge in [-0.15, -0.1) is 0 Å². The van der Waals surface area contributed by atoms with Crippen molar-refractivity contribution in [2.24, 2.45) is 0 Å². The molecule has 1 aromatic carbocycles. The first-order valence-corrected chi connectivity index (χ1v) is 9.97. The number of nitrogens with one attached hydrogen (secondary N) is 1. The lowest BCUT2D eigenvalue weighted by atomic mass is 10.2. The van der Waals surface area contributed by atoms with Crippen LogP contribution < -0.4 is 15.3 Å². The summed E-state index contributed by atoms with van der Waals surface area (Å²) in [4.78, 5) is 19.6. The number of carbonyl (C=O) groups is 1. The Kier molecular flexibility index (Phi) is 5.79. The minimum absolute atomic E-state index is 0.0233. The predicted octanol–water partition coefficient (Wildman–Crippen LogP) is 0.607. The molecule has 1 amide bonds. The first-order chi connectivity index (χ1) is 12.7. The molecule has 2 fully saturated rings. The molecule has 3 rings (SSSR count). The first kappa shape index (κ1) is 19.7. The molecule has 1 aromatic rings. The number of carbonyl (C=O) groups excluding carboxylic acids is 1. The Hall–Kier alpha value is -2.02. The molecule has 2 heterocycles. The first-order valence-electron chi connectivity index (χ1n) is 8.16. The molecule has 0 unspecified atom stereocenters. The number of halogens is 2. The average molecular weight is 407 g/mol. The molecule has 0 saturated carbocycles. The SMILES string of the molecule is CS(=O)(=O)OC[C@H]1CN(c2cc(F)c(N3CCNOCC3)c(F)c2)C(=O)O1. The maximum absolute atomic E-state index is 14.6. The molecule has 1 atom stereocenters. The molecule has 2 aliphatic heterocycles. The maximum atomic E-state index is 14.6. The van der Waals surface area contributed by atoms with Crippen LogP contribution in [0, 0.1) is 11.6 Å². The molecule has 12 heteroatoms. The van der Waals surface area contributed by atoms with Crippen LogP contribution in [0.2, 0.25) is 0 Å². The monoisotopic (exact) mass is 407 g/mol. The van der Waals surface area contributed by atoms with E-state index in [1.165, 1.54) is 4.90 Å². The van der Waals surface area contributed by atoms with Crippen LogP contribution in [0.15, 0.2) is 12.1 Å². The summed E-state index contributed by atoms with van der Waals surface area (Å²) in [6, 6.07) is 2.08. The summed E-state index contributed by atoms with van der Waals surface area (Å²) in [5.74, 6) is -1.65. The summed E-state index contributed by atoms with van der Waals surface area (Å²) in [7, 11) is -3.70. The van der Waals surface area contributed by atoms with Crippen LogP contribution in [0.1, 0.15) is 0 Å². The minimum Gasteiger partial charge on any atom is -0.441 e. The van der Waals surface area contributed by atoms with Gasteiger partial charge in [-0.3, -0.25) is 13.9 Å². The Bertz CT molecular complexity index is 791. The van der Waals surface area contributed by atoms with Gasteiger partial charge in [-0.2, -0.15) is 8.42 Å². The Labute approximate surface area is 154 Å². The van der Waals surface area contributed by atoms with E-state index in [-0.39, 0.29) is 31.1 Å². The van der Waals surface area contributed by atoms with Gasteiger partial charge in [0.15, 0.2) is 11.6 Å². The van der Waals surface area contributed by atoms with Gasteiger partial charge in [0, 0.05) is 31.8 Å². The van der Waals surface area contributed by atoms with Gasteiger partial charge in [0.25, 0.3) is 10.1 Å². The number of hydrogen-bond donors (Lipinski definition) is 1. The van der Waals surface area contributed by atoms with Crippen molar-refractivity contribution in [2.75, 3.05) is 55.4 Å². The summed E-state index contributed by atoms with van der Waals surface area (Å²) in [5.41, 5.74) is 2.44. The number of hydrogen-bond acceptors (Lipinski definition) is 8. The van der Waals surface area contributed by atoms with E-state index in [1.807, 2.05) is 0 Å². The molecule has 0 spiro atoms. The zero-order valence-corrected chi connectivity index (χ0v) is 15.3. The van der Waals surface area contributed by atoms with Crippen LogP contribution in [-0.2, 0) is 23.9 Å². The molecule has 27 heavy (non-hydrogen) atoms. The highest BCUT2D eigenvalue weighted by atomic mass is 32.2. The van der Waals surface area contributed by atoms with Gasteiger partial charge in [-0.1, -0.05) is 0 Å². The molecule has 9 nitrogen and oxygen atoms in total. The van der Waals surface area contributed by atoms with Gasteiger partial charge in [0.1, 0.15) is 18.4 Å². The van der Waals surface area contributed by atoms with Crippen LogP contribution in [0.4, 0.5) is 25.0 Å². The van der Waals surface area contributed by atoms with Crippen molar-refractivity contribution >= 4 is 27.6 Å². The van der Waals surface area contributed by atoms with E-state index in [4.69, 9.17) is 9.57 Å². The van der Waals surface area contributed by atoms with E-state index >= 15 is 0 Å². The lowest BCUT2D eigenvalue weighted by molar-refractivity contribution is 0.0589. The summed E-state index contributed by atoms with van der Waals surface area (Å²) < 4.78 is 60.8. The smallest absolute Gasteiger partial charge is 0.414 e. The van der Waals surface area contributed by atoms with Gasteiger partial charge >= 0.3 is 6.09 Å². The molecule has 2 saturated heterocycles. The van der Waals surface area contributed by atoms with Gasteiger partial charge in [-0.25, -0.2) is 19.1 Å². The van der Waals surface area contributed by atoms with Crippen LogP contribution >= 0.6 is 0 Å². The third-order valence-electron chi connectivity index (χ3n) is 4.02. The second-order valence-corrected chi connectivity index (χ2v) is 7.74. The molecular weight excluding hydrogens is 388 g/mol. The Morgan fingerprint density at radius 1 is 1.30 bits per heavy atom. The maximum Gasteiger partial charge on any atom is 0.414 e. The van der Waals surface area contributed by atoms with E-state index in [9.17, 15) is 22.0 Å². The van der Waals surface area contributed by atoms with E-state index in [0.717, 1.165) is 23.3 Å². The predicted molar refractivity (Wildman–Crippen MR) is 90.9 cm³/mol. The number of rotatable bonds is 5. The second kappa shape index (κ2) is 7.92. The lowest BCUT2D eigenvalue weighted by Gasteiger charge is -2.24. The van der Waals surface area contributed by atoms with E-state index in [2.05, 4.69) is 9.66 Å². The van der Waals surface area contributed by atoms with Crippen molar-refractivity contribution in [1.29, 1.82) is 0 Å². The van der Waals surface area contributed by atoms with Gasteiger partial charge in [-0.05, 0) is 0 Å². The summed E-state index contributed by atoms with van der Waals surface area (Å²) in [6.45, 7) is 0.863. The Morgan fingerprint density at radius 2 is 2.00 bits per heavy atom. The quantitative estimate of drug-likeness (QED) is 0.709. The molecule has 0 aliphatic carbocycles. The third kappa shape index (κ3) is 4.83. The van der Waals surface area contributed by atoms with Crippen molar-refractivity contribution < 1.29 is 35.8 Å². The van der Waals surface area contributed by atoms with Gasteiger partial charge < -0.3 is 9.64 Å². The van der Waals surface area contributed by atoms with Gasteiger partial charge in [0.05, 0.1) is 25.1 Å². The number of anilines is 2. The second-order valence-electron chi connectivity index (χ2n) is 6.09. The average Bonchev–Trinajstić information content (AvgIpc) is 2.77. The molecular formula is C15H19F2N3O6S. The molecule has 150 valence electrons. The van der Waals surface area contributed by atoms with Gasteiger partial charge in [0.2, 0.25) is 0 Å². The fraction of sp³-hybridized carbons (Fsp3) is 0.533. The lowest BCUT2D eigenvalue weighted by Crippen LogP contribution is -2.31. The Balaban J connectivity index is 1.76. The van der Waals surface area contributed by atoms with Crippen molar-refractivity contribution in [3.8, 4) is 0 Å². The fourth-order valence-electron chi connectivity index (χ4n) is 2.84. The Morgan fingerprint density at radius 3 is 2.67 bits per heavy atom. The minimum atomic E-state index is -3.70. The van der Waals surface area contributed by atoms with Crippen LogP contribution in [0.3, 0.4) is 0 Å².